The molecule has 1 aromatic carbocycles. The predicted molar refractivity (Wildman–Crippen MR) is 82.7 cm³/mol. The zero-order valence-corrected chi connectivity index (χ0v) is 13.3. The summed E-state index contributed by atoms with van der Waals surface area (Å²) in [5, 5.41) is 0. The summed E-state index contributed by atoms with van der Waals surface area (Å²) in [7, 11) is -3.52. The lowest BCUT2D eigenvalue weighted by Gasteiger charge is -2.26. The van der Waals surface area contributed by atoms with Crippen LogP contribution in [-0.4, -0.2) is 26.7 Å². The second kappa shape index (κ2) is 6.38. The van der Waals surface area contributed by atoms with Gasteiger partial charge in [-0.15, -0.1) is 0 Å². The number of carbonyl (C=O) groups excluding carboxylic acids is 1. The van der Waals surface area contributed by atoms with Gasteiger partial charge in [0, 0.05) is 0 Å². The van der Waals surface area contributed by atoms with E-state index in [1.54, 1.807) is 0 Å². The largest absolute Gasteiger partial charge is 0.373 e. The van der Waals surface area contributed by atoms with E-state index in [2.05, 4.69) is 4.72 Å². The van der Waals surface area contributed by atoms with Gasteiger partial charge >= 0.3 is 0 Å². The molecule has 2 aliphatic rings. The highest BCUT2D eigenvalue weighted by Gasteiger charge is 2.28. The number of rotatable bonds is 5. The van der Waals surface area contributed by atoms with Crippen LogP contribution in [-0.2, 0) is 26.0 Å². The third-order valence-electron chi connectivity index (χ3n) is 4.41. The van der Waals surface area contributed by atoms with Crippen molar-refractivity contribution >= 4 is 15.9 Å². The van der Waals surface area contributed by atoms with Crippen LogP contribution in [0.3, 0.4) is 0 Å². The smallest absolute Gasteiger partial charge is 0.236 e. The number of hydrogen-bond acceptors (Lipinski definition) is 4. The number of benzene rings is 1. The SMILES string of the molecule is O=C(C[C@@H]1OCCc2ccccc21)NS(=O)(=O)CC1CCC1. The van der Waals surface area contributed by atoms with Gasteiger partial charge in [0.2, 0.25) is 15.9 Å². The monoisotopic (exact) mass is 323 g/mol. The average Bonchev–Trinajstić information content (AvgIpc) is 2.43. The molecule has 0 spiro atoms. The van der Waals surface area contributed by atoms with Gasteiger partial charge in [-0.1, -0.05) is 30.7 Å². The molecule has 120 valence electrons. The third kappa shape index (κ3) is 3.67. The Bertz CT molecular complexity index is 652. The van der Waals surface area contributed by atoms with Gasteiger partial charge in [-0.05, 0) is 36.3 Å². The molecule has 1 N–H and O–H groups in total. The van der Waals surface area contributed by atoms with Crippen molar-refractivity contribution in [1.29, 1.82) is 0 Å². The lowest BCUT2D eigenvalue weighted by molar-refractivity contribution is -0.122. The molecule has 1 saturated carbocycles. The molecular formula is C16H21NO4S. The Morgan fingerprint density at radius 3 is 2.77 bits per heavy atom. The van der Waals surface area contributed by atoms with Gasteiger partial charge in [0.25, 0.3) is 0 Å². The molecule has 1 fully saturated rings. The summed E-state index contributed by atoms with van der Waals surface area (Å²) in [5.41, 5.74) is 2.16. The van der Waals surface area contributed by atoms with Gasteiger partial charge in [0.05, 0.1) is 24.9 Å². The Hall–Kier alpha value is -1.40. The van der Waals surface area contributed by atoms with Crippen LogP contribution >= 0.6 is 0 Å². The van der Waals surface area contributed by atoms with Crippen molar-refractivity contribution in [3.05, 3.63) is 35.4 Å². The molecule has 1 heterocycles. The molecule has 1 aromatic rings. The minimum atomic E-state index is -3.52. The molecule has 0 saturated heterocycles. The number of ether oxygens (including phenoxy) is 1. The van der Waals surface area contributed by atoms with E-state index in [4.69, 9.17) is 4.74 Å². The maximum absolute atomic E-state index is 12.1. The van der Waals surface area contributed by atoms with Gasteiger partial charge in [0.1, 0.15) is 0 Å². The van der Waals surface area contributed by atoms with E-state index in [9.17, 15) is 13.2 Å². The summed E-state index contributed by atoms with van der Waals surface area (Å²) in [4.78, 5) is 12.1. The fraction of sp³-hybridized carbons (Fsp3) is 0.562. The first-order valence-electron chi connectivity index (χ1n) is 7.76. The van der Waals surface area contributed by atoms with Crippen molar-refractivity contribution < 1.29 is 17.9 Å². The fourth-order valence-electron chi connectivity index (χ4n) is 3.04. The van der Waals surface area contributed by atoms with Crippen LogP contribution in [0, 0.1) is 5.92 Å². The van der Waals surface area contributed by atoms with Gasteiger partial charge in [0.15, 0.2) is 0 Å². The summed E-state index contributed by atoms with van der Waals surface area (Å²) in [6.45, 7) is 0.559. The van der Waals surface area contributed by atoms with Crippen LogP contribution < -0.4 is 4.72 Å². The number of nitrogens with one attached hydrogen (secondary N) is 1. The molecule has 0 unspecified atom stereocenters. The first-order chi connectivity index (χ1) is 10.5. The number of amides is 1. The molecule has 0 bridgehead atoms. The quantitative estimate of drug-likeness (QED) is 0.899. The molecule has 3 rings (SSSR count). The molecular weight excluding hydrogens is 302 g/mol. The molecule has 6 heteroatoms. The van der Waals surface area contributed by atoms with Crippen molar-refractivity contribution in [1.82, 2.24) is 4.72 Å². The normalized spacial score (nSPS) is 21.7. The van der Waals surface area contributed by atoms with Crippen molar-refractivity contribution in [2.45, 2.75) is 38.2 Å². The first-order valence-corrected chi connectivity index (χ1v) is 9.41. The molecule has 1 atom stereocenters. The molecule has 22 heavy (non-hydrogen) atoms. The topological polar surface area (TPSA) is 72.5 Å². The van der Waals surface area contributed by atoms with Crippen LogP contribution in [0.1, 0.15) is 42.9 Å². The van der Waals surface area contributed by atoms with Crippen molar-refractivity contribution in [3.8, 4) is 0 Å². The predicted octanol–water partition coefficient (Wildman–Crippen LogP) is 1.94. The number of hydrogen-bond donors (Lipinski definition) is 1. The van der Waals surface area contributed by atoms with Gasteiger partial charge in [-0.2, -0.15) is 0 Å². The highest BCUT2D eigenvalue weighted by Crippen LogP contribution is 2.30. The molecule has 1 amide bonds. The minimum Gasteiger partial charge on any atom is -0.373 e. The molecule has 0 aromatic heterocycles. The van der Waals surface area contributed by atoms with E-state index in [-0.39, 0.29) is 24.2 Å². The van der Waals surface area contributed by atoms with Crippen molar-refractivity contribution in [2.75, 3.05) is 12.4 Å². The lowest BCUT2D eigenvalue weighted by Crippen LogP contribution is -2.37. The fourth-order valence-corrected chi connectivity index (χ4v) is 4.51. The lowest BCUT2D eigenvalue weighted by atomic mass is 9.87. The average molecular weight is 323 g/mol. The van der Waals surface area contributed by atoms with Gasteiger partial charge in [-0.25, -0.2) is 8.42 Å². The van der Waals surface area contributed by atoms with Crippen LogP contribution in [0.25, 0.3) is 0 Å². The molecule has 1 aliphatic heterocycles. The molecule has 5 nitrogen and oxygen atoms in total. The number of sulfonamides is 1. The van der Waals surface area contributed by atoms with Crippen LogP contribution in [0.4, 0.5) is 0 Å². The highest BCUT2D eigenvalue weighted by molar-refractivity contribution is 7.90. The summed E-state index contributed by atoms with van der Waals surface area (Å²) in [6, 6.07) is 7.83. The van der Waals surface area contributed by atoms with E-state index in [0.29, 0.717) is 6.61 Å². The standard InChI is InChI=1S/C16H21NO4S/c18-16(17-22(19,20)11-12-4-3-5-12)10-15-14-7-2-1-6-13(14)8-9-21-15/h1-2,6-7,12,15H,3-5,8-11H2,(H,17,18)/t15-/m0/s1. The Balaban J connectivity index is 1.60. The van der Waals surface area contributed by atoms with E-state index in [0.717, 1.165) is 31.2 Å². The highest BCUT2D eigenvalue weighted by atomic mass is 32.2. The number of carbonyl (C=O) groups is 1. The molecule has 0 radical (unpaired) electrons. The Kier molecular flexibility index (Phi) is 4.49. The third-order valence-corrected chi connectivity index (χ3v) is 5.86. The van der Waals surface area contributed by atoms with E-state index in [1.165, 1.54) is 5.56 Å². The Morgan fingerprint density at radius 1 is 1.27 bits per heavy atom. The van der Waals surface area contributed by atoms with Crippen LogP contribution in [0.15, 0.2) is 24.3 Å². The maximum Gasteiger partial charge on any atom is 0.236 e. The van der Waals surface area contributed by atoms with Crippen LogP contribution in [0.2, 0.25) is 0 Å². The summed E-state index contributed by atoms with van der Waals surface area (Å²) < 4.78 is 31.8. The van der Waals surface area contributed by atoms with E-state index >= 15 is 0 Å². The zero-order chi connectivity index (χ0) is 15.6. The first kappa shape index (κ1) is 15.5. The maximum atomic E-state index is 12.1. The second-order valence-electron chi connectivity index (χ2n) is 6.12. The van der Waals surface area contributed by atoms with Gasteiger partial charge < -0.3 is 4.74 Å². The Morgan fingerprint density at radius 2 is 2.05 bits per heavy atom. The zero-order valence-electron chi connectivity index (χ0n) is 12.5. The minimum absolute atomic E-state index is 0.0426. The summed E-state index contributed by atoms with van der Waals surface area (Å²) in [5.74, 6) is -0.223. The van der Waals surface area contributed by atoms with Crippen LogP contribution in [0.5, 0.6) is 0 Å². The van der Waals surface area contributed by atoms with Crippen molar-refractivity contribution in [2.24, 2.45) is 5.92 Å². The van der Waals surface area contributed by atoms with E-state index < -0.39 is 15.9 Å². The van der Waals surface area contributed by atoms with E-state index in [1.807, 2.05) is 24.3 Å². The molecule has 1 aliphatic carbocycles. The summed E-state index contributed by atoms with van der Waals surface area (Å²) >= 11 is 0. The van der Waals surface area contributed by atoms with Gasteiger partial charge in [-0.3, -0.25) is 9.52 Å². The second-order valence-corrected chi connectivity index (χ2v) is 7.88. The summed E-state index contributed by atoms with van der Waals surface area (Å²) in [6.07, 6.45) is 3.47. The number of fused-ring (bicyclic) bond motifs is 1. The van der Waals surface area contributed by atoms with Crippen molar-refractivity contribution in [3.63, 3.8) is 0 Å². The Labute approximate surface area is 131 Å².